The molecule has 2 aromatic carbocycles. The molecule has 192 valence electrons. The lowest BCUT2D eigenvalue weighted by Gasteiger charge is -2.36. The molecule has 0 bridgehead atoms. The summed E-state index contributed by atoms with van der Waals surface area (Å²) in [6.07, 6.45) is 3.11. The maximum Gasteiger partial charge on any atom is 0.316 e. The second-order valence-electron chi connectivity index (χ2n) is 8.77. The van der Waals surface area contributed by atoms with E-state index in [1.807, 2.05) is 43.3 Å². The standard InChI is InChI=1S/C26H27FN6O3S/c1-32(2)21-10-4-17(5-11-21)12-13-33-25(37)31-23(35)26(33,18-6-8-19(27)9-7-18)14-22(34)30-20-15-28-24(36-3)29-16-20/h4-11,15-16H,12-14H2,1-3H3,(H,30,34)(H,31,35,37). The van der Waals surface area contributed by atoms with Crippen molar-refractivity contribution in [3.63, 3.8) is 0 Å². The van der Waals surface area contributed by atoms with Gasteiger partial charge in [-0.3, -0.25) is 9.59 Å². The number of amides is 2. The maximum absolute atomic E-state index is 13.8. The highest BCUT2D eigenvalue weighted by Gasteiger charge is 2.53. The first-order chi connectivity index (χ1) is 17.7. The summed E-state index contributed by atoms with van der Waals surface area (Å²) in [6.45, 7) is 0.356. The highest BCUT2D eigenvalue weighted by Crippen LogP contribution is 2.37. The molecule has 0 radical (unpaired) electrons. The summed E-state index contributed by atoms with van der Waals surface area (Å²) in [4.78, 5) is 38.3. The first-order valence-corrected chi connectivity index (χ1v) is 11.9. The minimum atomic E-state index is -1.47. The Labute approximate surface area is 219 Å². The Balaban J connectivity index is 1.63. The van der Waals surface area contributed by atoms with Crippen molar-refractivity contribution in [2.45, 2.75) is 18.4 Å². The van der Waals surface area contributed by atoms with Crippen LogP contribution in [0, 0.1) is 5.82 Å². The SMILES string of the molecule is COc1ncc(NC(=O)CC2(c3ccc(F)cc3)C(=O)NC(=S)N2CCc2ccc(N(C)C)cc2)cn1. The lowest BCUT2D eigenvalue weighted by atomic mass is 9.84. The number of methoxy groups -OCH3 is 1. The lowest BCUT2D eigenvalue weighted by Crippen LogP contribution is -2.50. The van der Waals surface area contributed by atoms with Crippen LogP contribution in [-0.2, 0) is 21.5 Å². The number of carbonyl (C=O) groups is 2. The molecule has 2 heterocycles. The van der Waals surface area contributed by atoms with Crippen molar-refractivity contribution in [2.24, 2.45) is 0 Å². The molecule has 1 aromatic heterocycles. The van der Waals surface area contributed by atoms with Crippen molar-refractivity contribution >= 4 is 40.5 Å². The first kappa shape index (κ1) is 26.0. The summed E-state index contributed by atoms with van der Waals surface area (Å²) in [6, 6.07) is 13.7. The largest absolute Gasteiger partial charge is 0.467 e. The van der Waals surface area contributed by atoms with Gasteiger partial charge in [-0.15, -0.1) is 0 Å². The number of aromatic nitrogens is 2. The zero-order valence-corrected chi connectivity index (χ0v) is 21.5. The van der Waals surface area contributed by atoms with Crippen molar-refractivity contribution in [1.29, 1.82) is 0 Å². The summed E-state index contributed by atoms with van der Waals surface area (Å²) >= 11 is 5.52. The lowest BCUT2D eigenvalue weighted by molar-refractivity contribution is -0.131. The van der Waals surface area contributed by atoms with Crippen LogP contribution in [-0.4, -0.2) is 59.5 Å². The van der Waals surface area contributed by atoms with Crippen molar-refractivity contribution < 1.29 is 18.7 Å². The molecule has 11 heteroatoms. The van der Waals surface area contributed by atoms with Gasteiger partial charge in [0, 0.05) is 26.3 Å². The molecule has 1 aliphatic heterocycles. The van der Waals surface area contributed by atoms with Gasteiger partial charge in [0.2, 0.25) is 5.91 Å². The average Bonchev–Trinajstić information content (AvgIpc) is 3.12. The Bertz CT molecular complexity index is 1290. The molecule has 1 aliphatic rings. The second-order valence-corrected chi connectivity index (χ2v) is 9.16. The number of anilines is 2. The molecule has 1 unspecified atom stereocenters. The fourth-order valence-corrected chi connectivity index (χ4v) is 4.61. The second kappa shape index (κ2) is 10.9. The minimum Gasteiger partial charge on any atom is -0.467 e. The highest BCUT2D eigenvalue weighted by atomic mass is 32.1. The third-order valence-electron chi connectivity index (χ3n) is 6.21. The normalized spacial score (nSPS) is 16.9. The highest BCUT2D eigenvalue weighted by molar-refractivity contribution is 7.80. The zero-order valence-electron chi connectivity index (χ0n) is 20.7. The van der Waals surface area contributed by atoms with Gasteiger partial charge in [0.15, 0.2) is 10.7 Å². The van der Waals surface area contributed by atoms with E-state index < -0.39 is 23.2 Å². The van der Waals surface area contributed by atoms with Crippen LogP contribution in [0.1, 0.15) is 17.5 Å². The van der Waals surface area contributed by atoms with Crippen molar-refractivity contribution in [3.8, 4) is 6.01 Å². The van der Waals surface area contributed by atoms with E-state index in [-0.39, 0.29) is 17.5 Å². The molecular weight excluding hydrogens is 495 g/mol. The molecule has 3 aromatic rings. The Morgan fingerprint density at radius 2 is 1.78 bits per heavy atom. The van der Waals surface area contributed by atoms with E-state index in [1.165, 1.54) is 43.8 Å². The number of halogens is 1. The Morgan fingerprint density at radius 3 is 2.38 bits per heavy atom. The Kier molecular flexibility index (Phi) is 7.63. The van der Waals surface area contributed by atoms with E-state index in [9.17, 15) is 14.0 Å². The number of nitrogens with zero attached hydrogens (tertiary/aromatic N) is 4. The third-order valence-corrected chi connectivity index (χ3v) is 6.53. The van der Waals surface area contributed by atoms with E-state index in [1.54, 1.807) is 4.90 Å². The summed E-state index contributed by atoms with van der Waals surface area (Å²) in [7, 11) is 5.37. The number of rotatable bonds is 9. The van der Waals surface area contributed by atoms with Crippen LogP contribution < -0.4 is 20.3 Å². The molecule has 0 saturated carbocycles. The minimum absolute atomic E-state index is 0.158. The molecule has 2 N–H and O–H groups in total. The molecule has 1 atom stereocenters. The molecule has 2 amide bonds. The average molecular weight is 523 g/mol. The van der Waals surface area contributed by atoms with Crippen LogP contribution >= 0.6 is 12.2 Å². The fraction of sp³-hybridized carbons (Fsp3) is 0.269. The Morgan fingerprint density at radius 1 is 1.14 bits per heavy atom. The topological polar surface area (TPSA) is 99.7 Å². The number of carbonyl (C=O) groups excluding carboxylic acids is 2. The van der Waals surface area contributed by atoms with Gasteiger partial charge in [-0.25, -0.2) is 14.4 Å². The van der Waals surface area contributed by atoms with Gasteiger partial charge in [0.1, 0.15) is 5.82 Å². The molecule has 37 heavy (non-hydrogen) atoms. The molecule has 4 rings (SSSR count). The predicted molar refractivity (Wildman–Crippen MR) is 142 cm³/mol. The van der Waals surface area contributed by atoms with Gasteiger partial charge in [-0.1, -0.05) is 24.3 Å². The van der Waals surface area contributed by atoms with Gasteiger partial charge in [-0.05, 0) is 54.0 Å². The predicted octanol–water partition coefficient (Wildman–Crippen LogP) is 2.87. The summed E-state index contributed by atoms with van der Waals surface area (Å²) < 4.78 is 18.7. The number of hydrogen-bond acceptors (Lipinski definition) is 7. The number of ether oxygens (including phenoxy) is 1. The van der Waals surface area contributed by atoms with Gasteiger partial charge in [0.25, 0.3) is 5.91 Å². The van der Waals surface area contributed by atoms with Crippen LogP contribution in [0.2, 0.25) is 0 Å². The summed E-state index contributed by atoms with van der Waals surface area (Å²) in [5, 5.41) is 5.64. The third kappa shape index (κ3) is 5.51. The zero-order chi connectivity index (χ0) is 26.6. The number of thiocarbonyl (C=S) groups is 1. The Hall–Kier alpha value is -4.12. The fourth-order valence-electron chi connectivity index (χ4n) is 4.27. The number of hydrogen-bond donors (Lipinski definition) is 2. The molecule has 9 nitrogen and oxygen atoms in total. The van der Waals surface area contributed by atoms with Gasteiger partial charge < -0.3 is 25.2 Å². The van der Waals surface area contributed by atoms with Crippen LogP contribution in [0.4, 0.5) is 15.8 Å². The van der Waals surface area contributed by atoms with Crippen LogP contribution in [0.15, 0.2) is 60.9 Å². The van der Waals surface area contributed by atoms with Crippen LogP contribution in [0.25, 0.3) is 0 Å². The van der Waals surface area contributed by atoms with Crippen molar-refractivity contribution in [1.82, 2.24) is 20.2 Å². The van der Waals surface area contributed by atoms with Gasteiger partial charge in [-0.2, -0.15) is 0 Å². The van der Waals surface area contributed by atoms with E-state index in [4.69, 9.17) is 17.0 Å². The quantitative estimate of drug-likeness (QED) is 0.414. The maximum atomic E-state index is 13.8. The van der Waals surface area contributed by atoms with Gasteiger partial charge in [0.05, 0.1) is 31.6 Å². The van der Waals surface area contributed by atoms with E-state index in [0.29, 0.717) is 24.2 Å². The van der Waals surface area contributed by atoms with Crippen LogP contribution in [0.5, 0.6) is 6.01 Å². The monoisotopic (exact) mass is 522 g/mol. The van der Waals surface area contributed by atoms with E-state index in [2.05, 4.69) is 20.6 Å². The summed E-state index contributed by atoms with van der Waals surface area (Å²) in [5.74, 6) is -1.36. The number of benzene rings is 2. The smallest absolute Gasteiger partial charge is 0.316 e. The van der Waals surface area contributed by atoms with Crippen molar-refractivity contribution in [3.05, 3.63) is 77.9 Å². The molecular formula is C26H27FN6O3S. The van der Waals surface area contributed by atoms with Gasteiger partial charge >= 0.3 is 6.01 Å². The molecule has 0 aliphatic carbocycles. The van der Waals surface area contributed by atoms with E-state index in [0.717, 1.165) is 11.3 Å². The van der Waals surface area contributed by atoms with Crippen LogP contribution in [0.3, 0.4) is 0 Å². The number of nitrogens with one attached hydrogen (secondary N) is 2. The molecule has 1 saturated heterocycles. The molecule has 1 fully saturated rings. The molecule has 0 spiro atoms. The van der Waals surface area contributed by atoms with E-state index >= 15 is 0 Å². The van der Waals surface area contributed by atoms with Crippen molar-refractivity contribution in [2.75, 3.05) is 38.0 Å². The summed E-state index contributed by atoms with van der Waals surface area (Å²) in [5.41, 5.74) is 1.44. The first-order valence-electron chi connectivity index (χ1n) is 11.5.